The van der Waals surface area contributed by atoms with Gasteiger partial charge in [-0.05, 0) is 12.1 Å². The van der Waals surface area contributed by atoms with Gasteiger partial charge in [0, 0.05) is 24.7 Å². The quantitative estimate of drug-likeness (QED) is 0.512. The first-order valence-corrected chi connectivity index (χ1v) is 7.94. The van der Waals surface area contributed by atoms with Crippen molar-refractivity contribution in [3.05, 3.63) is 29.7 Å². The molecular formula is C15H13ClN8. The average Bonchev–Trinajstić information content (AvgIpc) is 3.06. The minimum atomic E-state index is 0.247. The van der Waals surface area contributed by atoms with Crippen LogP contribution in [0.5, 0.6) is 0 Å². The molecule has 0 aliphatic carbocycles. The third kappa shape index (κ3) is 1.78. The summed E-state index contributed by atoms with van der Waals surface area (Å²) in [5.41, 5.74) is 8.88. The van der Waals surface area contributed by atoms with Crippen molar-refractivity contribution in [2.45, 2.75) is 6.04 Å². The predicted molar refractivity (Wildman–Crippen MR) is 91.7 cm³/mol. The van der Waals surface area contributed by atoms with Crippen molar-refractivity contribution in [1.29, 1.82) is 0 Å². The molecule has 0 aromatic carbocycles. The summed E-state index contributed by atoms with van der Waals surface area (Å²) in [6.07, 6.45) is 3.17. The van der Waals surface area contributed by atoms with Crippen molar-refractivity contribution in [1.82, 2.24) is 35.0 Å². The number of nitrogens with two attached hydrogens (primary N) is 1. The number of H-pyrrole nitrogens is 1. The highest BCUT2D eigenvalue weighted by Crippen LogP contribution is 2.38. The highest BCUT2D eigenvalue weighted by Gasteiger charge is 2.27. The minimum absolute atomic E-state index is 0.247. The number of pyridine rings is 1. The van der Waals surface area contributed by atoms with Crippen LogP contribution in [-0.2, 0) is 0 Å². The van der Waals surface area contributed by atoms with Gasteiger partial charge in [0.25, 0.3) is 0 Å². The molecule has 1 aliphatic heterocycles. The van der Waals surface area contributed by atoms with Gasteiger partial charge in [0.05, 0.1) is 22.1 Å². The van der Waals surface area contributed by atoms with Crippen LogP contribution in [0, 0.1) is 0 Å². The van der Waals surface area contributed by atoms with Crippen LogP contribution >= 0.6 is 11.6 Å². The first-order valence-electron chi connectivity index (χ1n) is 7.56. The maximum Gasteiger partial charge on any atom is 0.164 e. The predicted octanol–water partition coefficient (Wildman–Crippen LogP) is 1.75. The summed E-state index contributed by atoms with van der Waals surface area (Å²) in [6, 6.07) is 4.01. The molecule has 120 valence electrons. The Labute approximate surface area is 141 Å². The molecule has 4 aromatic rings. The molecule has 4 N–H and O–H groups in total. The number of nitrogens with zero attached hydrogens (tertiary/aromatic N) is 5. The number of aromatic amines is 1. The van der Waals surface area contributed by atoms with E-state index in [-0.39, 0.29) is 6.04 Å². The molecule has 0 bridgehead atoms. The van der Waals surface area contributed by atoms with Crippen LogP contribution in [0.25, 0.3) is 33.5 Å². The second-order valence-corrected chi connectivity index (χ2v) is 6.15. The normalized spacial score (nSPS) is 15.2. The van der Waals surface area contributed by atoms with E-state index in [1.54, 1.807) is 6.20 Å². The van der Waals surface area contributed by atoms with Gasteiger partial charge >= 0.3 is 0 Å². The Balaban J connectivity index is 1.83. The second-order valence-electron chi connectivity index (χ2n) is 5.78. The Morgan fingerprint density at radius 2 is 2.12 bits per heavy atom. The summed E-state index contributed by atoms with van der Waals surface area (Å²) in [5, 5.41) is 10.1. The summed E-state index contributed by atoms with van der Waals surface area (Å²) >= 11 is 6.57. The van der Waals surface area contributed by atoms with Crippen LogP contribution in [0.2, 0.25) is 5.02 Å². The standard InChI is InChI=1S/C15H13ClN8/c16-10-8-2-1-3-19-14(8)22-12(10)11-9-13(17)20-6-21-15(9)24(23-11)7-4-18-5-7/h1-3,6-7,18H,4-5H2,(H,19,22)(H2,17,20,21). The summed E-state index contributed by atoms with van der Waals surface area (Å²) in [6.45, 7) is 1.70. The summed E-state index contributed by atoms with van der Waals surface area (Å²) < 4.78 is 1.90. The van der Waals surface area contributed by atoms with E-state index in [1.807, 2.05) is 16.8 Å². The minimum Gasteiger partial charge on any atom is -0.383 e. The molecule has 1 aliphatic rings. The van der Waals surface area contributed by atoms with E-state index >= 15 is 0 Å². The number of nitrogen functional groups attached to an aromatic ring is 1. The molecule has 0 amide bonds. The van der Waals surface area contributed by atoms with E-state index in [0.29, 0.717) is 38.9 Å². The molecule has 5 rings (SSSR count). The van der Waals surface area contributed by atoms with Crippen LogP contribution in [-0.4, -0.2) is 42.8 Å². The van der Waals surface area contributed by atoms with Gasteiger partial charge in [0.1, 0.15) is 23.5 Å². The molecule has 0 unspecified atom stereocenters. The molecule has 8 nitrogen and oxygen atoms in total. The number of halogens is 1. The topological polar surface area (TPSA) is 110 Å². The molecule has 0 atom stereocenters. The number of hydrogen-bond acceptors (Lipinski definition) is 6. The van der Waals surface area contributed by atoms with Crippen LogP contribution < -0.4 is 11.1 Å². The number of nitrogens with one attached hydrogen (secondary N) is 2. The summed E-state index contributed by atoms with van der Waals surface area (Å²) in [4.78, 5) is 16.1. The van der Waals surface area contributed by atoms with Crippen molar-refractivity contribution in [3.8, 4) is 11.4 Å². The maximum atomic E-state index is 6.57. The third-order valence-electron chi connectivity index (χ3n) is 4.37. The molecule has 0 saturated carbocycles. The molecule has 24 heavy (non-hydrogen) atoms. The van der Waals surface area contributed by atoms with Gasteiger partial charge in [-0.25, -0.2) is 19.6 Å². The number of anilines is 1. The van der Waals surface area contributed by atoms with Crippen molar-refractivity contribution in [2.24, 2.45) is 0 Å². The van der Waals surface area contributed by atoms with E-state index in [0.717, 1.165) is 18.5 Å². The first-order chi connectivity index (χ1) is 11.7. The zero-order valence-electron chi connectivity index (χ0n) is 12.5. The average molecular weight is 341 g/mol. The van der Waals surface area contributed by atoms with Crippen LogP contribution in [0.3, 0.4) is 0 Å². The van der Waals surface area contributed by atoms with Gasteiger partial charge in [-0.2, -0.15) is 5.10 Å². The SMILES string of the molecule is Nc1ncnc2c1c(-c1[nH]c3ncccc3c1Cl)nn2C1CNC1. The largest absolute Gasteiger partial charge is 0.383 e. The molecule has 1 saturated heterocycles. The second kappa shape index (κ2) is 4.89. The number of hydrogen-bond donors (Lipinski definition) is 3. The highest BCUT2D eigenvalue weighted by molar-refractivity contribution is 6.38. The fourth-order valence-corrected chi connectivity index (χ4v) is 3.31. The fourth-order valence-electron chi connectivity index (χ4n) is 3.02. The van der Waals surface area contributed by atoms with Crippen molar-refractivity contribution in [2.75, 3.05) is 18.8 Å². The molecule has 9 heteroatoms. The number of fused-ring (bicyclic) bond motifs is 2. The van der Waals surface area contributed by atoms with E-state index < -0.39 is 0 Å². The van der Waals surface area contributed by atoms with E-state index in [9.17, 15) is 0 Å². The molecule has 1 fully saturated rings. The summed E-state index contributed by atoms with van der Waals surface area (Å²) in [5.74, 6) is 0.385. The zero-order chi connectivity index (χ0) is 16.3. The Bertz CT molecular complexity index is 1080. The fraction of sp³-hybridized carbons (Fsp3) is 0.200. The Morgan fingerprint density at radius 1 is 1.25 bits per heavy atom. The van der Waals surface area contributed by atoms with Gasteiger partial charge in [-0.3, -0.25) is 0 Å². The Morgan fingerprint density at radius 3 is 2.88 bits per heavy atom. The lowest BCUT2D eigenvalue weighted by Gasteiger charge is -2.27. The summed E-state index contributed by atoms with van der Waals surface area (Å²) in [7, 11) is 0. The molecule has 0 spiro atoms. The third-order valence-corrected chi connectivity index (χ3v) is 4.76. The van der Waals surface area contributed by atoms with Crippen LogP contribution in [0.1, 0.15) is 6.04 Å². The zero-order valence-corrected chi connectivity index (χ0v) is 13.2. The molecular weight excluding hydrogens is 328 g/mol. The van der Waals surface area contributed by atoms with Crippen LogP contribution in [0.15, 0.2) is 24.7 Å². The van der Waals surface area contributed by atoms with E-state index in [2.05, 4.69) is 25.3 Å². The van der Waals surface area contributed by atoms with Crippen molar-refractivity contribution in [3.63, 3.8) is 0 Å². The lowest BCUT2D eigenvalue weighted by Crippen LogP contribution is -2.43. The Hall–Kier alpha value is -2.71. The smallest absolute Gasteiger partial charge is 0.164 e. The number of rotatable bonds is 2. The van der Waals surface area contributed by atoms with Gasteiger partial charge < -0.3 is 16.0 Å². The monoisotopic (exact) mass is 340 g/mol. The van der Waals surface area contributed by atoms with Gasteiger partial charge in [-0.1, -0.05) is 11.6 Å². The maximum absolute atomic E-state index is 6.57. The highest BCUT2D eigenvalue weighted by atomic mass is 35.5. The molecule has 0 radical (unpaired) electrons. The first kappa shape index (κ1) is 13.7. The Kier molecular flexibility index (Phi) is 2.79. The van der Waals surface area contributed by atoms with E-state index in [1.165, 1.54) is 6.33 Å². The van der Waals surface area contributed by atoms with E-state index in [4.69, 9.17) is 22.4 Å². The van der Waals surface area contributed by atoms with Crippen LogP contribution in [0.4, 0.5) is 5.82 Å². The molecule has 5 heterocycles. The lowest BCUT2D eigenvalue weighted by atomic mass is 10.2. The van der Waals surface area contributed by atoms with Gasteiger partial charge in [0.15, 0.2) is 5.65 Å². The van der Waals surface area contributed by atoms with Gasteiger partial charge in [0.2, 0.25) is 0 Å². The van der Waals surface area contributed by atoms with Gasteiger partial charge in [-0.15, -0.1) is 0 Å². The molecule has 4 aromatic heterocycles. The van der Waals surface area contributed by atoms with Crippen molar-refractivity contribution >= 4 is 39.5 Å². The van der Waals surface area contributed by atoms with Crippen molar-refractivity contribution < 1.29 is 0 Å². The number of aromatic nitrogens is 6. The lowest BCUT2D eigenvalue weighted by molar-refractivity contribution is 0.325.